The monoisotopic (exact) mass is 244 g/mol. The number of hydrogen-bond donors (Lipinski definition) is 2. The van der Waals surface area contributed by atoms with E-state index in [1.165, 1.54) is 4.90 Å². The summed E-state index contributed by atoms with van der Waals surface area (Å²) >= 11 is 1.82. The zero-order valence-electron chi connectivity index (χ0n) is 9.81. The van der Waals surface area contributed by atoms with Gasteiger partial charge in [-0.2, -0.15) is 0 Å². The molecule has 0 amide bonds. The van der Waals surface area contributed by atoms with E-state index in [9.17, 15) is 0 Å². The molecule has 0 spiro atoms. The van der Waals surface area contributed by atoms with E-state index in [0.29, 0.717) is 0 Å². The second kappa shape index (κ2) is 5.15. The van der Waals surface area contributed by atoms with Gasteiger partial charge in [-0.05, 0) is 41.6 Å². The average Bonchev–Trinajstić information content (AvgIpc) is 2.33. The van der Waals surface area contributed by atoms with Crippen molar-refractivity contribution in [2.75, 3.05) is 17.2 Å². The molecule has 4 N–H and O–H groups in total. The Bertz CT molecular complexity index is 506. The van der Waals surface area contributed by atoms with E-state index in [-0.39, 0.29) is 0 Å². The fourth-order valence-corrected chi connectivity index (χ4v) is 2.40. The molecular weight excluding hydrogens is 228 g/mol. The summed E-state index contributed by atoms with van der Waals surface area (Å²) in [4.78, 5) is 1.24. The Morgan fingerprint density at radius 3 is 2.35 bits per heavy atom. The maximum absolute atomic E-state index is 6.02. The third-order valence-corrected chi connectivity index (χ3v) is 3.43. The second-order valence-electron chi connectivity index (χ2n) is 3.80. The first-order valence-electron chi connectivity index (χ1n) is 5.59. The Labute approximate surface area is 106 Å². The maximum atomic E-state index is 6.02. The predicted octanol–water partition coefficient (Wildman–Crippen LogP) is 3.63. The molecule has 2 aromatic carbocycles. The molecule has 0 unspecified atom stereocenters. The van der Waals surface area contributed by atoms with Crippen LogP contribution in [0.2, 0.25) is 0 Å². The normalized spacial score (nSPS) is 10.4. The molecule has 0 atom stereocenters. The van der Waals surface area contributed by atoms with E-state index in [4.69, 9.17) is 11.5 Å². The van der Waals surface area contributed by atoms with Crippen molar-refractivity contribution < 1.29 is 0 Å². The van der Waals surface area contributed by atoms with Crippen molar-refractivity contribution >= 4 is 23.1 Å². The van der Waals surface area contributed by atoms with Crippen molar-refractivity contribution in [2.24, 2.45) is 0 Å². The van der Waals surface area contributed by atoms with E-state index in [1.54, 1.807) is 0 Å². The highest BCUT2D eigenvalue weighted by atomic mass is 32.2. The van der Waals surface area contributed by atoms with Crippen LogP contribution in [0.15, 0.2) is 47.4 Å². The van der Waals surface area contributed by atoms with Gasteiger partial charge in [0, 0.05) is 21.8 Å². The molecule has 0 aliphatic carbocycles. The minimum atomic E-state index is 0.770. The minimum Gasteiger partial charge on any atom is -0.399 e. The molecule has 0 radical (unpaired) electrons. The van der Waals surface area contributed by atoms with Gasteiger partial charge in [0.25, 0.3) is 0 Å². The third-order valence-electron chi connectivity index (χ3n) is 2.56. The van der Waals surface area contributed by atoms with Gasteiger partial charge >= 0.3 is 0 Å². The van der Waals surface area contributed by atoms with Crippen LogP contribution in [0.1, 0.15) is 6.92 Å². The van der Waals surface area contributed by atoms with Crippen LogP contribution in [0.3, 0.4) is 0 Å². The number of thioether (sulfide) groups is 1. The summed E-state index contributed by atoms with van der Waals surface area (Å²) in [6, 6.07) is 14.0. The zero-order chi connectivity index (χ0) is 12.3. The van der Waals surface area contributed by atoms with E-state index in [2.05, 4.69) is 19.1 Å². The first-order valence-corrected chi connectivity index (χ1v) is 6.57. The fraction of sp³-hybridized carbons (Fsp3) is 0.143. The zero-order valence-corrected chi connectivity index (χ0v) is 10.6. The van der Waals surface area contributed by atoms with Crippen LogP contribution in [0.4, 0.5) is 11.4 Å². The Kier molecular flexibility index (Phi) is 3.59. The summed E-state index contributed by atoms with van der Waals surface area (Å²) in [5, 5.41) is 0. The highest BCUT2D eigenvalue weighted by Gasteiger charge is 2.04. The van der Waals surface area contributed by atoms with Crippen molar-refractivity contribution in [3.63, 3.8) is 0 Å². The number of nitrogen functional groups attached to an aromatic ring is 2. The van der Waals surface area contributed by atoms with Crippen molar-refractivity contribution in [2.45, 2.75) is 11.8 Å². The summed E-state index contributed by atoms with van der Waals surface area (Å²) in [7, 11) is 0. The SMILES string of the molecule is CCSc1ccc(N)c(-c2ccc(N)cc2)c1. The smallest absolute Gasteiger partial charge is 0.0394 e. The first-order chi connectivity index (χ1) is 8.20. The van der Waals surface area contributed by atoms with Crippen molar-refractivity contribution in [3.8, 4) is 11.1 Å². The lowest BCUT2D eigenvalue weighted by atomic mass is 10.0. The number of hydrogen-bond acceptors (Lipinski definition) is 3. The molecule has 3 heteroatoms. The Morgan fingerprint density at radius 1 is 1.00 bits per heavy atom. The van der Waals surface area contributed by atoms with Gasteiger partial charge in [0.15, 0.2) is 0 Å². The predicted molar refractivity (Wildman–Crippen MR) is 77.1 cm³/mol. The second-order valence-corrected chi connectivity index (χ2v) is 5.14. The molecule has 0 saturated carbocycles. The molecule has 2 aromatic rings. The van der Waals surface area contributed by atoms with Crippen LogP contribution >= 0.6 is 11.8 Å². The summed E-state index contributed by atoms with van der Waals surface area (Å²) in [5.41, 5.74) is 15.5. The van der Waals surface area contributed by atoms with Gasteiger partial charge in [-0.3, -0.25) is 0 Å². The lowest BCUT2D eigenvalue weighted by Crippen LogP contribution is -1.91. The largest absolute Gasteiger partial charge is 0.399 e. The van der Waals surface area contributed by atoms with Crippen molar-refractivity contribution in [1.29, 1.82) is 0 Å². The Hall–Kier alpha value is -1.61. The topological polar surface area (TPSA) is 52.0 Å². The van der Waals surface area contributed by atoms with Gasteiger partial charge in [-0.1, -0.05) is 19.1 Å². The number of rotatable bonds is 3. The molecule has 0 aliphatic heterocycles. The van der Waals surface area contributed by atoms with Gasteiger partial charge in [0.2, 0.25) is 0 Å². The molecule has 0 aliphatic rings. The molecule has 2 nitrogen and oxygen atoms in total. The molecule has 2 rings (SSSR count). The third kappa shape index (κ3) is 2.74. The maximum Gasteiger partial charge on any atom is 0.0394 e. The molecule has 17 heavy (non-hydrogen) atoms. The molecular formula is C14H16N2S. The number of benzene rings is 2. The van der Waals surface area contributed by atoms with Crippen LogP contribution in [0, 0.1) is 0 Å². The molecule has 0 aromatic heterocycles. The summed E-state index contributed by atoms with van der Waals surface area (Å²) in [6.45, 7) is 2.14. The lowest BCUT2D eigenvalue weighted by Gasteiger charge is -2.08. The quantitative estimate of drug-likeness (QED) is 0.640. The molecule has 0 heterocycles. The van der Waals surface area contributed by atoms with Crippen LogP contribution in [-0.4, -0.2) is 5.75 Å². The average molecular weight is 244 g/mol. The van der Waals surface area contributed by atoms with Gasteiger partial charge < -0.3 is 11.5 Å². The van der Waals surface area contributed by atoms with Crippen molar-refractivity contribution in [3.05, 3.63) is 42.5 Å². The highest BCUT2D eigenvalue weighted by Crippen LogP contribution is 2.31. The standard InChI is InChI=1S/C14H16N2S/c1-2-17-12-7-8-14(16)13(9-12)10-3-5-11(15)6-4-10/h3-9H,2,15-16H2,1H3. The molecule has 0 fully saturated rings. The lowest BCUT2D eigenvalue weighted by molar-refractivity contribution is 1.42. The highest BCUT2D eigenvalue weighted by molar-refractivity contribution is 7.99. The van der Waals surface area contributed by atoms with E-state index in [1.807, 2.05) is 42.1 Å². The number of nitrogens with two attached hydrogens (primary N) is 2. The fourth-order valence-electron chi connectivity index (χ4n) is 1.70. The van der Waals surface area contributed by atoms with Gasteiger partial charge in [-0.15, -0.1) is 11.8 Å². The van der Waals surface area contributed by atoms with Gasteiger partial charge in [0.1, 0.15) is 0 Å². The van der Waals surface area contributed by atoms with Crippen LogP contribution < -0.4 is 11.5 Å². The number of anilines is 2. The van der Waals surface area contributed by atoms with Crippen LogP contribution in [0.25, 0.3) is 11.1 Å². The van der Waals surface area contributed by atoms with E-state index in [0.717, 1.165) is 28.3 Å². The van der Waals surface area contributed by atoms with Gasteiger partial charge in [-0.25, -0.2) is 0 Å². The van der Waals surface area contributed by atoms with Crippen LogP contribution in [-0.2, 0) is 0 Å². The van der Waals surface area contributed by atoms with E-state index >= 15 is 0 Å². The van der Waals surface area contributed by atoms with Crippen LogP contribution in [0.5, 0.6) is 0 Å². The summed E-state index contributed by atoms with van der Waals surface area (Å²) in [5.74, 6) is 1.06. The summed E-state index contributed by atoms with van der Waals surface area (Å²) < 4.78 is 0. The molecule has 0 bridgehead atoms. The Morgan fingerprint density at radius 2 is 1.71 bits per heavy atom. The van der Waals surface area contributed by atoms with E-state index < -0.39 is 0 Å². The van der Waals surface area contributed by atoms with Gasteiger partial charge in [0.05, 0.1) is 0 Å². The van der Waals surface area contributed by atoms with Crippen molar-refractivity contribution in [1.82, 2.24) is 0 Å². The minimum absolute atomic E-state index is 0.770. The first kappa shape index (κ1) is 11.9. The molecule has 0 saturated heterocycles. The molecule has 88 valence electrons. The summed E-state index contributed by atoms with van der Waals surface area (Å²) in [6.07, 6.45) is 0. The Balaban J connectivity index is 2.42.